The van der Waals surface area contributed by atoms with E-state index in [-0.39, 0.29) is 7.11 Å². The van der Waals surface area contributed by atoms with Crippen LogP contribution in [-0.2, 0) is 4.74 Å². The van der Waals surface area contributed by atoms with Crippen LogP contribution in [0.15, 0.2) is 23.0 Å². The van der Waals surface area contributed by atoms with Gasteiger partial charge in [-0.15, -0.1) is 0 Å². The molecule has 0 atom stereocenters. The van der Waals surface area contributed by atoms with Crippen molar-refractivity contribution in [1.82, 2.24) is 0 Å². The maximum atomic E-state index is 12.3. The molecule has 0 spiro atoms. The van der Waals surface area contributed by atoms with Gasteiger partial charge in [0.25, 0.3) is 0 Å². The van der Waals surface area contributed by atoms with Crippen LogP contribution in [0.5, 0.6) is 0 Å². The summed E-state index contributed by atoms with van der Waals surface area (Å²) in [5.41, 5.74) is -7.76. The Balaban J connectivity index is 6.77. The van der Waals surface area contributed by atoms with Crippen LogP contribution in [0.1, 0.15) is 0 Å². The second kappa shape index (κ2) is 5.48. The number of hydrogen-bond donors (Lipinski definition) is 0. The van der Waals surface area contributed by atoms with Crippen molar-refractivity contribution in [3.05, 3.63) is 23.0 Å². The average molecular weight is 324 g/mol. The largest absolute Gasteiger partial charge is 0.491 e. The highest BCUT2D eigenvalue weighted by Gasteiger charge is 2.59. The van der Waals surface area contributed by atoms with Crippen LogP contribution in [-0.4, -0.2) is 25.6 Å². The molecule has 1 nitrogen and oxygen atoms in total. The average Bonchev–Trinajstić information content (AvgIpc) is 2.10. The van der Waals surface area contributed by atoms with Crippen LogP contribution >= 0.6 is 0 Å². The first-order valence-corrected chi connectivity index (χ1v) is 4.19. The van der Waals surface area contributed by atoms with Crippen molar-refractivity contribution >= 4 is 0 Å². The van der Waals surface area contributed by atoms with E-state index < -0.39 is 41.5 Å². The zero-order chi connectivity index (χ0) is 16.5. The van der Waals surface area contributed by atoms with Gasteiger partial charge in [0, 0.05) is 0 Å². The van der Waals surface area contributed by atoms with Gasteiger partial charge in [-0.2, -0.15) is 48.3 Å². The lowest BCUT2D eigenvalue weighted by Crippen LogP contribution is -2.33. The van der Waals surface area contributed by atoms with Crippen LogP contribution < -0.4 is 0 Å². The Hall–Kier alpha value is -1.49. The number of hydrogen-bond acceptors (Lipinski definition) is 1. The monoisotopic (exact) mass is 324 g/mol. The molecule has 0 unspecified atom stereocenters. The zero-order valence-corrected chi connectivity index (χ0v) is 9.07. The van der Waals surface area contributed by atoms with Crippen molar-refractivity contribution in [2.45, 2.75) is 18.5 Å². The Morgan fingerprint density at radius 3 is 1.20 bits per heavy atom. The number of allylic oxidation sites excluding steroid dienone is 2. The summed E-state index contributed by atoms with van der Waals surface area (Å²) >= 11 is 0. The zero-order valence-electron chi connectivity index (χ0n) is 9.07. The Labute approximate surface area is 103 Å². The minimum atomic E-state index is -6.57. The highest BCUT2D eigenvalue weighted by Crippen LogP contribution is 2.47. The smallest absolute Gasteiger partial charge is 0.422 e. The van der Waals surface area contributed by atoms with Gasteiger partial charge in [0.05, 0.1) is 7.11 Å². The molecular weight excluding hydrogens is 321 g/mol. The third-order valence-corrected chi connectivity index (χ3v) is 1.70. The molecule has 0 rings (SSSR count). The third kappa shape index (κ3) is 4.27. The highest BCUT2D eigenvalue weighted by molar-refractivity contribution is 5.40. The van der Waals surface area contributed by atoms with Gasteiger partial charge in [-0.1, -0.05) is 0 Å². The first-order chi connectivity index (χ1) is 8.64. The molecule has 0 aromatic heterocycles. The maximum Gasteiger partial charge on any atom is 0.422 e. The lowest BCUT2D eigenvalue weighted by Gasteiger charge is -2.22. The molecule has 0 aromatic carbocycles. The van der Waals surface area contributed by atoms with E-state index in [4.69, 9.17) is 0 Å². The number of halogens is 11. The van der Waals surface area contributed by atoms with Gasteiger partial charge in [-0.05, 0) is 0 Å². The van der Waals surface area contributed by atoms with Crippen molar-refractivity contribution in [1.29, 1.82) is 0 Å². The minimum absolute atomic E-state index is 0.0740. The molecule has 0 radical (unpaired) electrons. The van der Waals surface area contributed by atoms with Gasteiger partial charge >= 0.3 is 24.6 Å². The molecule has 0 amide bonds. The van der Waals surface area contributed by atoms with E-state index in [0.29, 0.717) is 0 Å². The van der Waals surface area contributed by atoms with E-state index in [1.54, 1.807) is 0 Å². The van der Waals surface area contributed by atoms with Gasteiger partial charge in [0.2, 0.25) is 0 Å². The summed E-state index contributed by atoms with van der Waals surface area (Å²) in [6, 6.07) is 0. The van der Waals surface area contributed by atoms with Gasteiger partial charge < -0.3 is 4.74 Å². The first-order valence-electron chi connectivity index (χ1n) is 4.19. The van der Waals surface area contributed by atoms with Crippen molar-refractivity contribution < 1.29 is 53.0 Å². The van der Waals surface area contributed by atoms with E-state index in [9.17, 15) is 48.3 Å². The SMILES string of the molecule is COC(=C(F)F)C(=C(C(F)(F)F)C(F)(F)F)C(F)(F)F. The molecule has 20 heavy (non-hydrogen) atoms. The molecule has 0 aliphatic heterocycles. The Kier molecular flexibility index (Phi) is 5.07. The number of rotatable bonds is 2. The standard InChI is InChI=1S/C8H3F11O/c1-20-3(5(9)10)2(6(11,12)13)4(7(14,15)16)8(17,18)19/h1H3. The van der Waals surface area contributed by atoms with E-state index in [0.717, 1.165) is 0 Å². The van der Waals surface area contributed by atoms with Crippen LogP contribution in [0.3, 0.4) is 0 Å². The van der Waals surface area contributed by atoms with Crippen LogP contribution in [0.25, 0.3) is 0 Å². The third-order valence-electron chi connectivity index (χ3n) is 1.70. The fraction of sp³-hybridized carbons (Fsp3) is 0.500. The lowest BCUT2D eigenvalue weighted by molar-refractivity contribution is -0.182. The predicted molar refractivity (Wildman–Crippen MR) is 41.4 cm³/mol. The van der Waals surface area contributed by atoms with Crippen molar-refractivity contribution in [3.63, 3.8) is 0 Å². The molecule has 0 aliphatic carbocycles. The molecule has 0 N–H and O–H groups in total. The fourth-order valence-electron chi connectivity index (χ4n) is 1.10. The van der Waals surface area contributed by atoms with Crippen LogP contribution in [0, 0.1) is 0 Å². The first kappa shape index (κ1) is 18.5. The molecule has 12 heteroatoms. The molecule has 0 heterocycles. The second-order valence-electron chi connectivity index (χ2n) is 3.04. The molecular formula is C8H3F11O. The summed E-state index contributed by atoms with van der Waals surface area (Å²) in [5, 5.41) is 0. The van der Waals surface area contributed by atoms with E-state index >= 15 is 0 Å². The van der Waals surface area contributed by atoms with Crippen LogP contribution in [0.2, 0.25) is 0 Å². The summed E-state index contributed by atoms with van der Waals surface area (Å²) in [6.07, 6.45) is -23.0. The van der Waals surface area contributed by atoms with Gasteiger partial charge in [-0.3, -0.25) is 0 Å². The Morgan fingerprint density at radius 2 is 1.05 bits per heavy atom. The fourth-order valence-corrected chi connectivity index (χ4v) is 1.10. The molecule has 0 aliphatic rings. The number of ether oxygens (including phenoxy) is 1. The molecule has 0 bridgehead atoms. The van der Waals surface area contributed by atoms with E-state index in [2.05, 4.69) is 4.74 Å². The van der Waals surface area contributed by atoms with Gasteiger partial charge in [-0.25, -0.2) is 0 Å². The van der Waals surface area contributed by atoms with Gasteiger partial charge in [0.1, 0.15) is 5.57 Å². The molecule has 118 valence electrons. The van der Waals surface area contributed by atoms with Crippen molar-refractivity contribution in [2.24, 2.45) is 0 Å². The number of methoxy groups -OCH3 is 1. The lowest BCUT2D eigenvalue weighted by atomic mass is 10.0. The topological polar surface area (TPSA) is 9.23 Å². The van der Waals surface area contributed by atoms with E-state index in [1.807, 2.05) is 0 Å². The molecule has 0 saturated carbocycles. The van der Waals surface area contributed by atoms with Crippen LogP contribution in [0.4, 0.5) is 48.3 Å². The summed E-state index contributed by atoms with van der Waals surface area (Å²) in [6.45, 7) is 0. The summed E-state index contributed by atoms with van der Waals surface area (Å²) < 4.78 is 137. The highest BCUT2D eigenvalue weighted by atomic mass is 19.4. The Bertz CT molecular complexity index is 399. The maximum absolute atomic E-state index is 12.3. The Morgan fingerprint density at radius 1 is 0.700 bits per heavy atom. The minimum Gasteiger partial charge on any atom is -0.491 e. The van der Waals surface area contributed by atoms with Crippen molar-refractivity contribution in [3.8, 4) is 0 Å². The van der Waals surface area contributed by atoms with Gasteiger partial charge in [0.15, 0.2) is 11.3 Å². The summed E-state index contributed by atoms with van der Waals surface area (Å²) in [4.78, 5) is 0. The quantitative estimate of drug-likeness (QED) is 0.406. The summed E-state index contributed by atoms with van der Waals surface area (Å²) in [7, 11) is 0.0740. The molecule has 0 saturated heterocycles. The second-order valence-corrected chi connectivity index (χ2v) is 3.04. The van der Waals surface area contributed by atoms with E-state index in [1.165, 1.54) is 0 Å². The molecule has 0 fully saturated rings. The van der Waals surface area contributed by atoms with Crippen molar-refractivity contribution in [2.75, 3.05) is 7.11 Å². The normalized spacial score (nSPS) is 13.0. The predicted octanol–water partition coefficient (Wildman–Crippen LogP) is 4.72. The number of alkyl halides is 9. The molecule has 0 aromatic rings. The summed E-state index contributed by atoms with van der Waals surface area (Å²) in [5.74, 6) is -2.85.